The van der Waals surface area contributed by atoms with E-state index in [1.807, 2.05) is 18.2 Å². The van der Waals surface area contributed by atoms with Gasteiger partial charge in [0.1, 0.15) is 5.75 Å². The largest absolute Gasteiger partial charge is 0.508 e. The summed E-state index contributed by atoms with van der Waals surface area (Å²) in [6.45, 7) is 0. The summed E-state index contributed by atoms with van der Waals surface area (Å²) in [5.41, 5.74) is 3.11. The normalized spacial score (nSPS) is 20.8. The smallest absolute Gasteiger partial charge is 0.312 e. The van der Waals surface area contributed by atoms with Gasteiger partial charge in [-0.25, -0.2) is 5.48 Å². The molecule has 7 heteroatoms. The van der Waals surface area contributed by atoms with Crippen molar-refractivity contribution in [1.82, 2.24) is 5.48 Å². The van der Waals surface area contributed by atoms with Gasteiger partial charge in [-0.05, 0) is 47.7 Å². The molecule has 27 heavy (non-hydrogen) atoms. The maximum absolute atomic E-state index is 12.3. The highest BCUT2D eigenvalue weighted by atomic mass is 35.5. The number of hydrogen-bond donors (Lipinski definition) is 3. The molecule has 1 unspecified atom stereocenters. The van der Waals surface area contributed by atoms with Gasteiger partial charge in [-0.2, -0.15) is 0 Å². The van der Waals surface area contributed by atoms with Crippen molar-refractivity contribution < 1.29 is 24.6 Å². The molecule has 1 amide bonds. The van der Waals surface area contributed by atoms with Gasteiger partial charge in [-0.1, -0.05) is 35.9 Å². The van der Waals surface area contributed by atoms with E-state index >= 15 is 0 Å². The zero-order valence-corrected chi connectivity index (χ0v) is 15.5. The molecule has 0 radical (unpaired) electrons. The lowest BCUT2D eigenvalue weighted by Crippen LogP contribution is -2.30. The van der Waals surface area contributed by atoms with Crippen LogP contribution >= 0.6 is 11.6 Å². The number of hydrogen-bond acceptors (Lipinski definition) is 5. The molecule has 0 aromatic heterocycles. The first-order valence-corrected chi connectivity index (χ1v) is 8.85. The number of phenolic OH excluding ortho intramolecular Hbond substituents is 1. The number of halogens is 1. The van der Waals surface area contributed by atoms with Crippen molar-refractivity contribution in [1.29, 1.82) is 0 Å². The minimum absolute atomic E-state index is 0.154. The molecule has 0 aliphatic heterocycles. The molecule has 0 heterocycles. The molecule has 2 aromatic rings. The predicted octanol–water partition coefficient (Wildman–Crippen LogP) is 2.86. The van der Waals surface area contributed by atoms with Crippen LogP contribution in [-0.4, -0.2) is 29.3 Å². The van der Waals surface area contributed by atoms with E-state index in [9.17, 15) is 14.7 Å². The highest BCUT2D eigenvalue weighted by molar-refractivity contribution is 6.30. The fraction of sp³-hybridized carbons (Fsp3) is 0.300. The van der Waals surface area contributed by atoms with Crippen LogP contribution in [0, 0.1) is 11.3 Å². The minimum atomic E-state index is -0.990. The molecule has 0 saturated heterocycles. The lowest BCUT2D eigenvalue weighted by Gasteiger charge is -2.16. The average molecular weight is 390 g/mol. The Morgan fingerprint density at radius 3 is 2.52 bits per heavy atom. The molecule has 3 rings (SSSR count). The van der Waals surface area contributed by atoms with Crippen LogP contribution in [-0.2, 0) is 27.2 Å². The van der Waals surface area contributed by atoms with Crippen LogP contribution in [0.5, 0.6) is 5.75 Å². The Bertz CT molecular complexity index is 867. The highest BCUT2D eigenvalue weighted by Gasteiger charge is 2.64. The van der Waals surface area contributed by atoms with Crippen molar-refractivity contribution in [2.75, 3.05) is 7.11 Å². The van der Waals surface area contributed by atoms with Gasteiger partial charge in [0, 0.05) is 11.4 Å². The molecular weight excluding hydrogens is 370 g/mol. The van der Waals surface area contributed by atoms with Crippen molar-refractivity contribution in [3.05, 3.63) is 64.2 Å². The van der Waals surface area contributed by atoms with E-state index in [1.165, 1.54) is 7.11 Å². The molecule has 2 atom stereocenters. The van der Waals surface area contributed by atoms with E-state index in [1.54, 1.807) is 29.7 Å². The topological polar surface area (TPSA) is 95.9 Å². The average Bonchev–Trinajstić information content (AvgIpc) is 3.40. The molecule has 1 fully saturated rings. The SMILES string of the molecule is COC(=O)[C@@]1(Cc2ccc(O)c(Cc3ccc(Cl)cc3)c2)CC1C(=O)NO. The molecule has 0 bridgehead atoms. The fourth-order valence-corrected chi connectivity index (χ4v) is 3.63. The third-order valence-electron chi connectivity index (χ3n) is 5.07. The van der Waals surface area contributed by atoms with E-state index in [0.29, 0.717) is 23.4 Å². The van der Waals surface area contributed by atoms with Crippen molar-refractivity contribution in [2.24, 2.45) is 11.3 Å². The Labute approximate surface area is 161 Å². The standard InChI is InChI=1S/C20H20ClNO5/c1-27-19(25)20(11-16(20)18(24)22-26)10-13-4-7-17(23)14(9-13)8-12-2-5-15(21)6-3-12/h2-7,9,16,23,26H,8,10-11H2,1H3,(H,22,24)/t16?,20-/m0/s1. The first kappa shape index (κ1) is 19.2. The van der Waals surface area contributed by atoms with Gasteiger partial charge in [0.25, 0.3) is 0 Å². The maximum atomic E-state index is 12.3. The Kier molecular flexibility index (Phi) is 5.39. The second-order valence-corrected chi connectivity index (χ2v) is 7.26. The third kappa shape index (κ3) is 3.91. The number of amides is 1. The third-order valence-corrected chi connectivity index (χ3v) is 5.32. The molecule has 6 nitrogen and oxygen atoms in total. The molecule has 3 N–H and O–H groups in total. The van der Waals surface area contributed by atoms with Crippen LogP contribution in [0.1, 0.15) is 23.1 Å². The van der Waals surface area contributed by atoms with Crippen LogP contribution < -0.4 is 5.48 Å². The highest BCUT2D eigenvalue weighted by Crippen LogP contribution is 2.56. The quantitative estimate of drug-likeness (QED) is 0.401. The number of benzene rings is 2. The number of phenols is 1. The Balaban J connectivity index is 1.83. The molecule has 1 aliphatic rings. The number of esters is 1. The predicted molar refractivity (Wildman–Crippen MR) is 98.6 cm³/mol. The summed E-state index contributed by atoms with van der Waals surface area (Å²) < 4.78 is 4.87. The Morgan fingerprint density at radius 2 is 1.89 bits per heavy atom. The molecular formula is C20H20ClNO5. The number of carbonyl (C=O) groups excluding carboxylic acids is 2. The van der Waals surface area contributed by atoms with Gasteiger partial charge in [-0.15, -0.1) is 0 Å². The lowest BCUT2D eigenvalue weighted by atomic mass is 9.91. The number of rotatable bonds is 6. The molecule has 0 spiro atoms. The van der Waals surface area contributed by atoms with E-state index in [0.717, 1.165) is 11.1 Å². The summed E-state index contributed by atoms with van der Waals surface area (Å²) in [5.74, 6) is -1.56. The molecule has 1 saturated carbocycles. The van der Waals surface area contributed by atoms with Crippen LogP contribution in [0.3, 0.4) is 0 Å². The summed E-state index contributed by atoms with van der Waals surface area (Å²) in [5, 5.41) is 19.7. The summed E-state index contributed by atoms with van der Waals surface area (Å²) in [6.07, 6.45) is 1.09. The summed E-state index contributed by atoms with van der Waals surface area (Å²) in [7, 11) is 1.28. The first-order chi connectivity index (χ1) is 12.9. The molecule has 1 aliphatic carbocycles. The van der Waals surface area contributed by atoms with E-state index in [2.05, 4.69) is 0 Å². The zero-order chi connectivity index (χ0) is 19.6. The molecule has 142 valence electrons. The monoisotopic (exact) mass is 389 g/mol. The van der Waals surface area contributed by atoms with Crippen molar-refractivity contribution in [3.8, 4) is 5.75 Å². The molecule has 2 aromatic carbocycles. The van der Waals surface area contributed by atoms with Gasteiger partial charge < -0.3 is 9.84 Å². The number of aromatic hydroxyl groups is 1. The summed E-state index contributed by atoms with van der Waals surface area (Å²) in [4.78, 5) is 24.0. The van der Waals surface area contributed by atoms with Crippen LogP contribution in [0.4, 0.5) is 0 Å². The van der Waals surface area contributed by atoms with Gasteiger partial charge in [-0.3, -0.25) is 14.8 Å². The number of carbonyl (C=O) groups is 2. The summed E-state index contributed by atoms with van der Waals surface area (Å²) in [6, 6.07) is 12.5. The van der Waals surface area contributed by atoms with Crippen molar-refractivity contribution in [2.45, 2.75) is 19.3 Å². The second kappa shape index (κ2) is 7.58. The summed E-state index contributed by atoms with van der Waals surface area (Å²) >= 11 is 5.90. The number of hydroxylamine groups is 1. The first-order valence-electron chi connectivity index (χ1n) is 8.47. The lowest BCUT2D eigenvalue weighted by molar-refractivity contribution is -0.149. The second-order valence-electron chi connectivity index (χ2n) is 6.82. The van der Waals surface area contributed by atoms with Crippen LogP contribution in [0.2, 0.25) is 5.02 Å². The van der Waals surface area contributed by atoms with Crippen molar-refractivity contribution in [3.63, 3.8) is 0 Å². The van der Waals surface area contributed by atoms with Crippen LogP contribution in [0.25, 0.3) is 0 Å². The number of nitrogens with one attached hydrogen (secondary N) is 1. The minimum Gasteiger partial charge on any atom is -0.508 e. The Hall–Kier alpha value is -2.57. The van der Waals surface area contributed by atoms with Crippen molar-refractivity contribution >= 4 is 23.5 Å². The maximum Gasteiger partial charge on any atom is 0.312 e. The van der Waals surface area contributed by atoms with Gasteiger partial charge in [0.05, 0.1) is 18.4 Å². The fourth-order valence-electron chi connectivity index (χ4n) is 3.50. The van der Waals surface area contributed by atoms with Crippen LogP contribution in [0.15, 0.2) is 42.5 Å². The van der Waals surface area contributed by atoms with Gasteiger partial charge >= 0.3 is 5.97 Å². The Morgan fingerprint density at radius 1 is 1.22 bits per heavy atom. The van der Waals surface area contributed by atoms with Gasteiger partial charge in [0.15, 0.2) is 0 Å². The van der Waals surface area contributed by atoms with E-state index in [4.69, 9.17) is 21.5 Å². The number of ether oxygens (including phenoxy) is 1. The number of methoxy groups -OCH3 is 1. The zero-order valence-electron chi connectivity index (χ0n) is 14.7. The van der Waals surface area contributed by atoms with E-state index < -0.39 is 23.2 Å². The van der Waals surface area contributed by atoms with E-state index in [-0.39, 0.29) is 12.2 Å². The van der Waals surface area contributed by atoms with Gasteiger partial charge in [0.2, 0.25) is 5.91 Å².